The molecule has 0 aliphatic rings. The molecular formula is C24H25ClN2O5S. The second kappa shape index (κ2) is 12.0. The number of hydrogen-bond donors (Lipinski definition) is 0. The van der Waals surface area contributed by atoms with E-state index in [-0.39, 0.29) is 29.6 Å². The molecule has 1 amide bonds. The molecule has 0 unspecified atom stereocenters. The number of benzene rings is 2. The SMILES string of the molecule is CCCOC(=O)N(c1ccccc1/C=C/c1ccncc1)S(=O)(=O)c1ccc(OC)cc1.Cl. The largest absolute Gasteiger partial charge is 0.497 e. The Morgan fingerprint density at radius 3 is 2.30 bits per heavy atom. The van der Waals surface area contributed by atoms with Gasteiger partial charge in [-0.25, -0.2) is 13.2 Å². The van der Waals surface area contributed by atoms with E-state index in [4.69, 9.17) is 9.47 Å². The van der Waals surface area contributed by atoms with Crippen LogP contribution in [-0.2, 0) is 14.8 Å². The highest BCUT2D eigenvalue weighted by Crippen LogP contribution is 2.30. The molecule has 0 bridgehead atoms. The van der Waals surface area contributed by atoms with Crippen molar-refractivity contribution >= 4 is 46.4 Å². The van der Waals surface area contributed by atoms with Crippen molar-refractivity contribution in [2.75, 3.05) is 18.0 Å². The first-order valence-electron chi connectivity index (χ1n) is 10.0. The normalized spacial score (nSPS) is 11.0. The molecule has 3 aromatic rings. The maximum atomic E-state index is 13.5. The summed E-state index contributed by atoms with van der Waals surface area (Å²) in [5.41, 5.74) is 1.61. The summed E-state index contributed by atoms with van der Waals surface area (Å²) in [6.45, 7) is 1.93. The Hall–Kier alpha value is -3.36. The third kappa shape index (κ3) is 6.34. The second-order valence-electron chi connectivity index (χ2n) is 6.73. The van der Waals surface area contributed by atoms with Crippen LogP contribution >= 0.6 is 12.4 Å². The first-order valence-corrected chi connectivity index (χ1v) is 11.4. The lowest BCUT2D eigenvalue weighted by atomic mass is 10.1. The van der Waals surface area contributed by atoms with E-state index in [1.807, 2.05) is 25.1 Å². The predicted molar refractivity (Wildman–Crippen MR) is 131 cm³/mol. The Balaban J connectivity index is 0.00000385. The fraction of sp³-hybridized carbons (Fsp3) is 0.167. The van der Waals surface area contributed by atoms with Crippen LogP contribution in [0, 0.1) is 0 Å². The van der Waals surface area contributed by atoms with Crippen LogP contribution in [0.25, 0.3) is 12.2 Å². The Labute approximate surface area is 200 Å². The predicted octanol–water partition coefficient (Wildman–Crippen LogP) is 5.42. The zero-order chi connectivity index (χ0) is 23.0. The van der Waals surface area contributed by atoms with Crippen molar-refractivity contribution in [1.29, 1.82) is 0 Å². The highest BCUT2D eigenvalue weighted by molar-refractivity contribution is 7.93. The van der Waals surface area contributed by atoms with Gasteiger partial charge in [0.05, 0.1) is 24.3 Å². The summed E-state index contributed by atoms with van der Waals surface area (Å²) in [5.74, 6) is 0.504. The summed E-state index contributed by atoms with van der Waals surface area (Å²) in [4.78, 5) is 16.9. The zero-order valence-corrected chi connectivity index (χ0v) is 19.9. The van der Waals surface area contributed by atoms with Gasteiger partial charge < -0.3 is 9.47 Å². The molecule has 1 aromatic heterocycles. The number of ether oxygens (including phenoxy) is 2. The number of carbonyl (C=O) groups is 1. The highest BCUT2D eigenvalue weighted by Gasteiger charge is 2.33. The lowest BCUT2D eigenvalue weighted by molar-refractivity contribution is 0.158. The Kier molecular flexibility index (Phi) is 9.44. The van der Waals surface area contributed by atoms with Gasteiger partial charge in [0.25, 0.3) is 10.0 Å². The van der Waals surface area contributed by atoms with Crippen LogP contribution in [0.5, 0.6) is 5.75 Å². The molecule has 0 fully saturated rings. The van der Waals surface area contributed by atoms with Crippen molar-refractivity contribution in [3.8, 4) is 5.75 Å². The summed E-state index contributed by atoms with van der Waals surface area (Å²) in [6, 6.07) is 16.2. The molecule has 0 aliphatic heterocycles. The van der Waals surface area contributed by atoms with Gasteiger partial charge in [-0.2, -0.15) is 4.31 Å². The van der Waals surface area contributed by atoms with Gasteiger partial charge in [-0.15, -0.1) is 12.4 Å². The van der Waals surface area contributed by atoms with Crippen LogP contribution in [0.15, 0.2) is 78.0 Å². The third-order valence-corrected chi connectivity index (χ3v) is 6.20. The van der Waals surface area contributed by atoms with Crippen molar-refractivity contribution < 1.29 is 22.7 Å². The molecule has 0 spiro atoms. The van der Waals surface area contributed by atoms with Crippen LogP contribution in [0.1, 0.15) is 24.5 Å². The summed E-state index contributed by atoms with van der Waals surface area (Å²) in [7, 11) is -2.77. The fourth-order valence-corrected chi connectivity index (χ4v) is 4.27. The van der Waals surface area contributed by atoms with Gasteiger partial charge >= 0.3 is 6.09 Å². The smallest absolute Gasteiger partial charge is 0.428 e. The Morgan fingerprint density at radius 2 is 1.67 bits per heavy atom. The number of anilines is 1. The summed E-state index contributed by atoms with van der Waals surface area (Å²) < 4.78 is 38.1. The van der Waals surface area contributed by atoms with Crippen LogP contribution in [0.2, 0.25) is 0 Å². The summed E-state index contributed by atoms with van der Waals surface area (Å²) >= 11 is 0. The lowest BCUT2D eigenvalue weighted by Gasteiger charge is -2.23. The molecule has 33 heavy (non-hydrogen) atoms. The summed E-state index contributed by atoms with van der Waals surface area (Å²) in [6.07, 6.45) is 6.48. The molecule has 174 valence electrons. The van der Waals surface area contributed by atoms with Gasteiger partial charge in [-0.3, -0.25) is 4.98 Å². The summed E-state index contributed by atoms with van der Waals surface area (Å²) in [5, 5.41) is 0. The standard InChI is InChI=1S/C24H24N2O5S.ClH/c1-3-18-31-24(27)26(32(28,29)22-12-10-21(30-2)11-13-22)23-7-5-4-6-20(23)9-8-19-14-16-25-17-15-19;/h4-17H,3,18H2,1-2H3;1H/b9-8+;. The van der Waals surface area contributed by atoms with E-state index in [1.165, 1.54) is 31.4 Å². The number of rotatable bonds is 8. The molecule has 0 radical (unpaired) electrons. The molecule has 1 heterocycles. The molecule has 0 saturated heterocycles. The van der Waals surface area contributed by atoms with Gasteiger partial charge in [0, 0.05) is 12.4 Å². The van der Waals surface area contributed by atoms with E-state index in [0.29, 0.717) is 22.0 Å². The second-order valence-corrected chi connectivity index (χ2v) is 8.52. The van der Waals surface area contributed by atoms with E-state index in [9.17, 15) is 13.2 Å². The van der Waals surface area contributed by atoms with Gasteiger partial charge in [0.2, 0.25) is 0 Å². The first kappa shape index (κ1) is 25.9. The highest BCUT2D eigenvalue weighted by atomic mass is 35.5. The first-order chi connectivity index (χ1) is 15.5. The number of nitrogens with zero attached hydrogens (tertiary/aromatic N) is 2. The average molecular weight is 489 g/mol. The maximum Gasteiger partial charge on any atom is 0.428 e. The average Bonchev–Trinajstić information content (AvgIpc) is 2.82. The number of sulfonamides is 1. The minimum Gasteiger partial charge on any atom is -0.497 e. The number of halogens is 1. The van der Waals surface area contributed by atoms with E-state index in [2.05, 4.69) is 4.98 Å². The molecular weight excluding hydrogens is 464 g/mol. The molecule has 0 atom stereocenters. The monoisotopic (exact) mass is 488 g/mol. The van der Waals surface area contributed by atoms with Crippen molar-refractivity contribution in [2.45, 2.75) is 18.2 Å². The number of pyridine rings is 1. The van der Waals surface area contributed by atoms with Gasteiger partial charge in [-0.05, 0) is 60.0 Å². The van der Waals surface area contributed by atoms with Crippen molar-refractivity contribution in [1.82, 2.24) is 4.98 Å². The molecule has 9 heteroatoms. The van der Waals surface area contributed by atoms with Crippen molar-refractivity contribution in [3.05, 3.63) is 84.2 Å². The van der Waals surface area contributed by atoms with Crippen LogP contribution in [0.3, 0.4) is 0 Å². The number of amides is 1. The van der Waals surface area contributed by atoms with Crippen LogP contribution in [0.4, 0.5) is 10.5 Å². The van der Waals surface area contributed by atoms with E-state index >= 15 is 0 Å². The van der Waals surface area contributed by atoms with Crippen LogP contribution in [-0.4, -0.2) is 33.2 Å². The Morgan fingerprint density at radius 1 is 1.00 bits per heavy atom. The zero-order valence-electron chi connectivity index (χ0n) is 18.2. The molecule has 0 aliphatic carbocycles. The maximum absolute atomic E-state index is 13.5. The molecule has 7 nitrogen and oxygen atoms in total. The number of carbonyl (C=O) groups excluding carboxylic acids is 1. The number of methoxy groups -OCH3 is 1. The topological polar surface area (TPSA) is 85.8 Å². The minimum absolute atomic E-state index is 0. The Bertz CT molecular complexity index is 1180. The number of hydrogen-bond acceptors (Lipinski definition) is 6. The number of para-hydroxylation sites is 1. The van der Waals surface area contributed by atoms with Crippen molar-refractivity contribution in [3.63, 3.8) is 0 Å². The molecule has 2 aromatic carbocycles. The van der Waals surface area contributed by atoms with E-state index in [0.717, 1.165) is 5.56 Å². The van der Waals surface area contributed by atoms with Gasteiger partial charge in [0.15, 0.2) is 0 Å². The van der Waals surface area contributed by atoms with Gasteiger partial charge in [-0.1, -0.05) is 37.3 Å². The minimum atomic E-state index is -4.25. The van der Waals surface area contributed by atoms with Crippen LogP contribution < -0.4 is 9.04 Å². The van der Waals surface area contributed by atoms with Crippen molar-refractivity contribution in [2.24, 2.45) is 0 Å². The quantitative estimate of drug-likeness (QED) is 0.420. The third-order valence-electron chi connectivity index (χ3n) is 4.51. The molecule has 0 saturated carbocycles. The lowest BCUT2D eigenvalue weighted by Crippen LogP contribution is -2.38. The van der Waals surface area contributed by atoms with E-state index in [1.54, 1.807) is 42.7 Å². The molecule has 0 N–H and O–H groups in total. The van der Waals surface area contributed by atoms with E-state index < -0.39 is 16.1 Å². The number of aromatic nitrogens is 1. The fourth-order valence-electron chi connectivity index (χ4n) is 2.90. The molecule has 3 rings (SSSR count). The van der Waals surface area contributed by atoms with Gasteiger partial charge in [0.1, 0.15) is 5.75 Å².